The molecular formula is C50H62N6O9. The third-order valence-electron chi connectivity index (χ3n) is 13.1. The van der Waals surface area contributed by atoms with Crippen LogP contribution in [0.15, 0.2) is 73.3 Å². The fourth-order valence-electron chi connectivity index (χ4n) is 9.83. The predicted octanol–water partition coefficient (Wildman–Crippen LogP) is 4.47. The Labute approximate surface area is 380 Å². The monoisotopic (exact) mass is 890 g/mol. The van der Waals surface area contributed by atoms with Gasteiger partial charge >= 0.3 is 5.97 Å². The molecule has 15 heteroatoms. The van der Waals surface area contributed by atoms with Gasteiger partial charge in [-0.05, 0) is 90.3 Å². The van der Waals surface area contributed by atoms with Crippen LogP contribution in [0.4, 0.5) is 0 Å². The largest absolute Gasteiger partial charge is 0.508 e. The number of aliphatic hydroxyl groups is 2. The van der Waals surface area contributed by atoms with Gasteiger partial charge < -0.3 is 39.7 Å². The van der Waals surface area contributed by atoms with Crippen molar-refractivity contribution in [2.24, 2.45) is 11.3 Å². The van der Waals surface area contributed by atoms with Crippen LogP contribution in [-0.4, -0.2) is 121 Å². The first kappa shape index (κ1) is 46.9. The zero-order valence-corrected chi connectivity index (χ0v) is 38.2. The molecule has 1 aromatic heterocycles. The molecule has 4 atom stereocenters. The van der Waals surface area contributed by atoms with E-state index in [0.717, 1.165) is 44.9 Å². The first-order valence-electron chi connectivity index (χ1n) is 22.5. The number of hydrazine groups is 1. The molecule has 2 saturated heterocycles. The topological polar surface area (TPSA) is 194 Å². The Hall–Kier alpha value is -6.03. The van der Waals surface area contributed by atoms with Gasteiger partial charge in [-0.15, -0.1) is 0 Å². The molecule has 0 saturated carbocycles. The molecule has 3 aromatic carbocycles. The Balaban J connectivity index is 1.30. The molecule has 15 nitrogen and oxygen atoms in total. The minimum atomic E-state index is -1.93. The molecule has 5 N–H and O–H groups in total. The quantitative estimate of drug-likeness (QED) is 0.118. The fourth-order valence-corrected chi connectivity index (χ4v) is 9.83. The van der Waals surface area contributed by atoms with Crippen LogP contribution >= 0.6 is 0 Å². The lowest BCUT2D eigenvalue weighted by atomic mass is 9.84. The van der Waals surface area contributed by atoms with Crippen LogP contribution < -0.4 is 10.7 Å². The molecule has 0 spiro atoms. The summed E-state index contributed by atoms with van der Waals surface area (Å²) in [5, 5.41) is 38.4. The van der Waals surface area contributed by atoms with Crippen molar-refractivity contribution in [3.05, 3.63) is 90.0 Å². The van der Waals surface area contributed by atoms with Crippen molar-refractivity contribution in [3.63, 3.8) is 0 Å². The van der Waals surface area contributed by atoms with E-state index in [1.165, 1.54) is 21.9 Å². The number of aliphatic hydroxyl groups excluding tert-OH is 1. The lowest BCUT2D eigenvalue weighted by Gasteiger charge is -2.37. The highest BCUT2D eigenvalue weighted by molar-refractivity contribution is 5.97. The van der Waals surface area contributed by atoms with E-state index in [1.807, 2.05) is 56.3 Å². The van der Waals surface area contributed by atoms with E-state index in [9.17, 15) is 39.3 Å². The van der Waals surface area contributed by atoms with Crippen molar-refractivity contribution in [2.75, 3.05) is 33.3 Å². The number of carbonyl (C=O) groups excluding carboxylic acids is 5. The van der Waals surface area contributed by atoms with Crippen molar-refractivity contribution in [3.8, 4) is 28.1 Å². The van der Waals surface area contributed by atoms with Crippen LogP contribution in [0.5, 0.6) is 5.75 Å². The second-order valence-electron chi connectivity index (χ2n) is 18.9. The molecule has 3 aliphatic rings. The molecule has 4 heterocycles. The van der Waals surface area contributed by atoms with E-state index < -0.39 is 64.7 Å². The number of rotatable bonds is 9. The van der Waals surface area contributed by atoms with Crippen LogP contribution in [0.25, 0.3) is 33.3 Å². The van der Waals surface area contributed by atoms with Crippen molar-refractivity contribution in [2.45, 2.75) is 104 Å². The van der Waals surface area contributed by atoms with Gasteiger partial charge in [0, 0.05) is 61.4 Å². The number of phenolic OH excluding ortho intramolecular Hbond substituents is 1. The highest BCUT2D eigenvalue weighted by Crippen LogP contribution is 2.41. The predicted molar refractivity (Wildman–Crippen MR) is 246 cm³/mol. The highest BCUT2D eigenvalue weighted by Gasteiger charge is 2.48. The summed E-state index contributed by atoms with van der Waals surface area (Å²) in [5.74, 6) is -3.38. The maximum Gasteiger partial charge on any atom is 0.324 e. The summed E-state index contributed by atoms with van der Waals surface area (Å²) in [6.07, 6.45) is 2.42. The van der Waals surface area contributed by atoms with E-state index in [1.54, 1.807) is 26.0 Å². The average Bonchev–Trinajstić information content (AvgIpc) is 3.84. The Morgan fingerprint density at radius 1 is 1.06 bits per heavy atom. The van der Waals surface area contributed by atoms with Crippen molar-refractivity contribution in [1.82, 2.24) is 30.1 Å². The van der Waals surface area contributed by atoms with Crippen molar-refractivity contribution in [1.29, 1.82) is 0 Å². The number of fused-ring (bicyclic) bond motifs is 6. The maximum atomic E-state index is 14.7. The van der Waals surface area contributed by atoms with E-state index in [0.29, 0.717) is 36.9 Å². The summed E-state index contributed by atoms with van der Waals surface area (Å²) < 4.78 is 8.29. The number of hydrogen-bond acceptors (Lipinski definition) is 10. The average molecular weight is 891 g/mol. The molecule has 3 aliphatic heterocycles. The third-order valence-corrected chi connectivity index (χ3v) is 13.1. The number of hydrogen-bond donors (Lipinski definition) is 5. The van der Waals surface area contributed by atoms with Gasteiger partial charge in [-0.25, -0.2) is 5.43 Å². The zero-order chi connectivity index (χ0) is 47.0. The van der Waals surface area contributed by atoms with Crippen LogP contribution in [0.1, 0.15) is 70.6 Å². The van der Waals surface area contributed by atoms with Gasteiger partial charge in [-0.2, -0.15) is 0 Å². The number of esters is 1. The number of aryl methyl sites for hydroxylation is 1. The molecule has 4 aromatic rings. The van der Waals surface area contributed by atoms with E-state index in [-0.39, 0.29) is 51.4 Å². The number of nitrogens with one attached hydrogen (secondary N) is 2. The molecule has 0 radical (unpaired) electrons. The zero-order valence-electron chi connectivity index (χ0n) is 38.2. The molecule has 4 amide bonds. The number of β-amino-alcohol motifs (C(OH)–C–C–N with tert-alkyl or cyclic N) is 1. The number of likely N-dealkylation sites (N-methyl/N-ethyl adjacent to an activating group) is 1. The lowest BCUT2D eigenvalue weighted by molar-refractivity contribution is -0.156. The molecule has 65 heavy (non-hydrogen) atoms. The summed E-state index contributed by atoms with van der Waals surface area (Å²) in [7, 11) is 1.42. The number of cyclic esters (lactones) is 1. The third kappa shape index (κ3) is 9.54. The number of phenols is 1. The Kier molecular flexibility index (Phi) is 13.6. The van der Waals surface area contributed by atoms with E-state index in [4.69, 9.17) is 4.74 Å². The Bertz CT molecular complexity index is 2510. The summed E-state index contributed by atoms with van der Waals surface area (Å²) >= 11 is 0. The molecule has 0 unspecified atom stereocenters. The van der Waals surface area contributed by atoms with Gasteiger partial charge in [0.2, 0.25) is 11.8 Å². The van der Waals surface area contributed by atoms with Crippen molar-refractivity contribution >= 4 is 40.5 Å². The number of ether oxygens (including phenoxy) is 1. The lowest BCUT2D eigenvalue weighted by Crippen LogP contribution is -2.63. The second kappa shape index (κ2) is 18.8. The summed E-state index contributed by atoms with van der Waals surface area (Å²) in [5.41, 5.74) is 7.23. The minimum Gasteiger partial charge on any atom is -0.508 e. The number of aromatic hydroxyl groups is 1. The van der Waals surface area contributed by atoms with Crippen molar-refractivity contribution < 1.29 is 44.0 Å². The number of amides is 4. The van der Waals surface area contributed by atoms with Gasteiger partial charge in [-0.3, -0.25) is 29.0 Å². The molecule has 0 aliphatic carbocycles. The number of aromatic nitrogens is 1. The first-order chi connectivity index (χ1) is 30.9. The van der Waals surface area contributed by atoms with Gasteiger partial charge in [0.15, 0.2) is 5.60 Å². The van der Waals surface area contributed by atoms with Crippen LogP contribution in [0, 0.1) is 11.3 Å². The number of carbonyl (C=O) groups is 5. The van der Waals surface area contributed by atoms with Crippen LogP contribution in [0.2, 0.25) is 0 Å². The molecule has 6 bridgehead atoms. The SMILES string of the molecule is C=CC(=O)N1CC[C@](O)(C(=O)N(C)[C@H](C(=O)N[C@H]2Cc3cc(O)cc(c3)-c3ccc4c(c3)c(c(-c3ccccc3CO)n4CC)CC(C)(C)COC(=O)[C@@H]3CCCN(N3)C2=O)C(C)C)C1. The van der Waals surface area contributed by atoms with Gasteiger partial charge in [0.25, 0.3) is 11.8 Å². The first-order valence-corrected chi connectivity index (χ1v) is 22.5. The molecule has 7 rings (SSSR count). The van der Waals surface area contributed by atoms with E-state index in [2.05, 4.69) is 34.9 Å². The summed E-state index contributed by atoms with van der Waals surface area (Å²) in [4.78, 5) is 71.8. The normalized spacial score (nSPS) is 21.7. The molecule has 346 valence electrons. The Morgan fingerprint density at radius 3 is 2.52 bits per heavy atom. The number of benzene rings is 3. The number of nitrogens with zero attached hydrogens (tertiary/aromatic N) is 4. The Morgan fingerprint density at radius 2 is 1.82 bits per heavy atom. The van der Waals surface area contributed by atoms with Crippen LogP contribution in [0.3, 0.4) is 0 Å². The van der Waals surface area contributed by atoms with Gasteiger partial charge in [0.05, 0.1) is 25.5 Å². The fraction of sp³-hybridized carbons (Fsp3) is 0.460. The van der Waals surface area contributed by atoms with Gasteiger partial charge in [0.1, 0.15) is 23.9 Å². The standard InChI is InChI=1S/C50H62N6O9/c1-8-42(59)54-20-18-50(64,28-54)48(63)53(7)43(30(3)4)45(60)51-40-23-31-21-34(24-35(58)22-31)32-16-17-41-37(25-32)38(44(55(41)9-2)36-14-11-10-13-33(36)27-57)26-49(5,6)29-65-47(62)39-15-12-19-56(52-39)46(40)61/h8,10-11,13-14,16-17,21-22,24-25,30,39-40,43,52,57-58,64H,1,9,12,15,18-20,23,26-29H2,2-7H3,(H,51,60)/t39-,40-,43-,50+/m0/s1. The van der Waals surface area contributed by atoms with Gasteiger partial charge in [-0.1, -0.05) is 70.7 Å². The summed E-state index contributed by atoms with van der Waals surface area (Å²) in [6, 6.07) is 15.8. The van der Waals surface area contributed by atoms with Crippen LogP contribution in [-0.2, 0) is 54.7 Å². The molecular weight excluding hydrogens is 829 g/mol. The maximum absolute atomic E-state index is 14.7. The highest BCUT2D eigenvalue weighted by atomic mass is 16.5. The second-order valence-corrected chi connectivity index (χ2v) is 18.9. The minimum absolute atomic E-state index is 0.0254. The summed E-state index contributed by atoms with van der Waals surface area (Å²) in [6.45, 7) is 13.8. The smallest absolute Gasteiger partial charge is 0.324 e. The number of likely N-dealkylation sites (tertiary alicyclic amines) is 1. The molecule has 2 fully saturated rings. The van der Waals surface area contributed by atoms with E-state index >= 15 is 0 Å².